The zero-order valence-electron chi connectivity index (χ0n) is 62.3. The molecule has 9 aliphatic rings. The first-order valence-corrected chi connectivity index (χ1v) is 37.1. The lowest BCUT2D eigenvalue weighted by molar-refractivity contribution is -0.424. The smallest absolute Gasteiger partial charge is 0.364 e. The van der Waals surface area contributed by atoms with Crippen molar-refractivity contribution < 1.29 is 269 Å². The van der Waals surface area contributed by atoms with Crippen molar-refractivity contribution in [2.75, 3.05) is 59.5 Å². The largest absolute Gasteiger partial charge is 0.477 e. The van der Waals surface area contributed by atoms with Crippen LogP contribution in [-0.4, -0.2) is 551 Å². The summed E-state index contributed by atoms with van der Waals surface area (Å²) in [6, 6.07) is -2.11. The van der Waals surface area contributed by atoms with Gasteiger partial charge in [0, 0.05) is 19.8 Å². The SMILES string of the molecule is CC(=O)N[C@H]1[C@H](O[C@H]2[C@H](O)[C@@H]([C@@H](O)CO[C@H]3O[C@H]([C@@H](O)CO[C@H]4O[C@H]([C@H](O)CO)[C@@H](O)[C@H](O)[C@@H]4O)[C@@H](O)[C@H](O)[C@@H]3O)O[C@H](O[C@@H]3[C@H](O)[C@@H](O[C@H]4[C@@H]([C@H](O)CO)O[C@@](O)(C(=O)O)C[C@H]4O[C@]4(C(=O)O)C[C@@H](O)[C@@H](O)[C@@H]([C@H](O)CO)O4)O[C@H]([C@@H](O)CO)[C@H]3O[C@@H]3O[C@H](CO)[C@@H](O)[C@H](O)[C@H]3O)[C@H]2O[C@H]2O[C@H](CO)[C@@H](O)[C@H](O)[C@H]2O)O[C@H](CO)[C@@H](O)[C@@H]1O. The van der Waals surface area contributed by atoms with Gasteiger partial charge in [-0.2, -0.15) is 0 Å². The maximum atomic E-state index is 13.5. The van der Waals surface area contributed by atoms with Gasteiger partial charge in [-0.3, -0.25) is 4.79 Å². The summed E-state index contributed by atoms with van der Waals surface area (Å²) >= 11 is 0. The molecule has 55 heteroatoms. The maximum absolute atomic E-state index is 13.5. The second kappa shape index (κ2) is 41.9. The van der Waals surface area contributed by atoms with Gasteiger partial charge in [0.25, 0.3) is 11.6 Å². The lowest BCUT2D eigenvalue weighted by atomic mass is 9.89. The summed E-state index contributed by atoms with van der Waals surface area (Å²) < 4.78 is 99.4. The first-order valence-electron chi connectivity index (χ1n) is 37.1. The van der Waals surface area contributed by atoms with Gasteiger partial charge < -0.3 is 259 Å². The average Bonchev–Trinajstić information content (AvgIpc) is 0.745. The highest BCUT2D eigenvalue weighted by Crippen LogP contribution is 2.45. The van der Waals surface area contributed by atoms with Crippen molar-refractivity contribution in [1.29, 1.82) is 0 Å². The Hall–Kier alpha value is -3.55. The van der Waals surface area contributed by atoms with E-state index in [9.17, 15) is 188 Å². The Bertz CT molecular complexity index is 3170. The number of aliphatic hydroxyl groups is 32. The molecule has 9 fully saturated rings. The molecule has 0 aromatic heterocycles. The van der Waals surface area contributed by atoms with Gasteiger partial charge in [-0.25, -0.2) is 9.59 Å². The molecule has 35 N–H and O–H groups in total. The minimum absolute atomic E-state index is 0.843. The highest BCUT2D eigenvalue weighted by Gasteiger charge is 2.65. The van der Waals surface area contributed by atoms with Crippen molar-refractivity contribution in [2.24, 2.45) is 0 Å². The number of nitrogens with one attached hydrogen (secondary N) is 1. The first-order chi connectivity index (χ1) is 55.9. The van der Waals surface area contributed by atoms with Gasteiger partial charge in [-0.05, 0) is 0 Å². The van der Waals surface area contributed by atoms with Crippen molar-refractivity contribution in [1.82, 2.24) is 5.32 Å². The minimum atomic E-state index is -3.74. The van der Waals surface area contributed by atoms with E-state index in [2.05, 4.69) is 5.32 Å². The van der Waals surface area contributed by atoms with Gasteiger partial charge in [0.1, 0.15) is 232 Å². The van der Waals surface area contributed by atoms with Crippen molar-refractivity contribution in [3.05, 3.63) is 0 Å². The zero-order chi connectivity index (χ0) is 88.4. The van der Waals surface area contributed by atoms with Crippen LogP contribution in [0.4, 0.5) is 0 Å². The number of hydrogen-bond donors (Lipinski definition) is 35. The van der Waals surface area contributed by atoms with Crippen molar-refractivity contribution in [2.45, 2.75) is 319 Å². The summed E-state index contributed by atoms with van der Waals surface area (Å²) in [5.41, 5.74) is 0. The molecule has 0 aliphatic carbocycles. The second-order valence-electron chi connectivity index (χ2n) is 29.9. The van der Waals surface area contributed by atoms with E-state index in [4.69, 9.17) is 80.5 Å². The Balaban J connectivity index is 1.19. The molecule has 0 saturated carbocycles. The van der Waals surface area contributed by atoms with Gasteiger partial charge in [-0.1, -0.05) is 0 Å². The summed E-state index contributed by atoms with van der Waals surface area (Å²) in [6.07, 6.45) is -116. The standard InChI is InChI=1S/C64H107NO54/c1-13(73)65-25-30(85)27(82)22(8-70)105-54(25)113-50-41(96)45(20(80)12-104-56-38(93)34(89)36(91)44(109-56)19(79)11-103-55-37(92)33(88)35(90)43(108-55)15(75)4-66)110-60(53(50)116-58-40(95)32(87)29(84)24(10-72)107-58)114-51-42(97)59(111-47(17(77)6-68)52(51)115-57-39(94)31(86)28(83)23(9-71)106-57)112-49-21(3-63(102,61(98)99)118-48(49)18(78)7-69)117-64(62(100)101)2-14(74)26(81)46(119-64)16(76)5-67/h14-60,66-72,74-97,102H,2-12H2,1H3,(H,65,73)(H,98,99)(H,100,101)/t14-,15-,16-,17+,18-,19+,20+,21-,22-,23-,24-,25-,26-,27-,28-,29-,30-,31+,32+,33+,34+,35+,36+,37+,38+,39-,40-,41-,42+,43-,44-,45-,46-,47-,48-,49-,50+,51-,52-,53+,54+,55+,56+,57+,58-,59-,60-,63-,64-/m1/s1. The summed E-state index contributed by atoms with van der Waals surface area (Å²) in [5.74, 6) is -13.1. The zero-order valence-corrected chi connectivity index (χ0v) is 62.3. The van der Waals surface area contributed by atoms with E-state index >= 15 is 0 Å². The molecule has 9 heterocycles. The van der Waals surface area contributed by atoms with Crippen molar-refractivity contribution in [3.8, 4) is 0 Å². The maximum Gasteiger partial charge on any atom is 0.364 e. The van der Waals surface area contributed by atoms with Crippen LogP contribution in [0.5, 0.6) is 0 Å². The van der Waals surface area contributed by atoms with Crippen LogP contribution in [0.1, 0.15) is 19.8 Å². The van der Waals surface area contributed by atoms with Crippen molar-refractivity contribution >= 4 is 17.8 Å². The highest BCUT2D eigenvalue weighted by atomic mass is 16.8. The summed E-state index contributed by atoms with van der Waals surface area (Å²) in [6.45, 7) is -11.1. The quantitative estimate of drug-likeness (QED) is 0.0284. The second-order valence-corrected chi connectivity index (χ2v) is 29.9. The summed E-state index contributed by atoms with van der Waals surface area (Å²) in [7, 11) is 0. The van der Waals surface area contributed by atoms with Gasteiger partial charge in [0.15, 0.2) is 44.0 Å². The molecule has 9 saturated heterocycles. The lowest BCUT2D eigenvalue weighted by Gasteiger charge is -2.53. The summed E-state index contributed by atoms with van der Waals surface area (Å²) in [5, 5.41) is 379. The fraction of sp³-hybridized carbons (Fsp3) is 0.953. The number of aliphatic hydroxyl groups excluding tert-OH is 31. The van der Waals surface area contributed by atoms with E-state index in [1.54, 1.807) is 0 Å². The third-order valence-corrected chi connectivity index (χ3v) is 21.7. The van der Waals surface area contributed by atoms with E-state index in [-0.39, 0.29) is 0 Å². The number of ether oxygens (including phenoxy) is 17. The number of carbonyl (C=O) groups excluding carboxylic acids is 1. The minimum Gasteiger partial charge on any atom is -0.477 e. The van der Waals surface area contributed by atoms with Crippen LogP contribution < -0.4 is 5.32 Å². The number of carboxylic acid groups (broad SMARTS) is 2. The summed E-state index contributed by atoms with van der Waals surface area (Å²) in [4.78, 5) is 39.4. The van der Waals surface area contributed by atoms with E-state index in [0.29, 0.717) is 0 Å². The van der Waals surface area contributed by atoms with Crippen LogP contribution >= 0.6 is 0 Å². The van der Waals surface area contributed by atoms with E-state index < -0.39 is 390 Å². The molecule has 0 radical (unpaired) electrons. The molecule has 49 atom stereocenters. The average molecular weight is 1750 g/mol. The fourth-order valence-electron chi connectivity index (χ4n) is 14.9. The molecule has 9 rings (SSSR count). The van der Waals surface area contributed by atoms with Crippen molar-refractivity contribution in [3.63, 3.8) is 0 Å². The Morgan fingerprint density at radius 1 is 0.353 bits per heavy atom. The number of aliphatic carboxylic acids is 2. The Kier molecular flexibility index (Phi) is 35.0. The predicted octanol–water partition coefficient (Wildman–Crippen LogP) is -23.4. The molecular weight excluding hydrogens is 1650 g/mol. The monoisotopic (exact) mass is 1750 g/mol. The van der Waals surface area contributed by atoms with Crippen LogP contribution in [0.2, 0.25) is 0 Å². The number of rotatable bonds is 34. The normalized spacial score (nSPS) is 48.5. The topological polar surface area (TPSA) is 908 Å². The molecule has 1 amide bonds. The molecule has 119 heavy (non-hydrogen) atoms. The van der Waals surface area contributed by atoms with Gasteiger partial charge in [-0.15, -0.1) is 0 Å². The number of hydrogen-bond acceptors (Lipinski definition) is 52. The van der Waals surface area contributed by atoms with Gasteiger partial charge in [0.05, 0.1) is 71.7 Å². The van der Waals surface area contributed by atoms with E-state index in [0.717, 1.165) is 6.92 Å². The van der Waals surface area contributed by atoms with Crippen LogP contribution in [0.15, 0.2) is 0 Å². The molecule has 9 aliphatic heterocycles. The first kappa shape index (κ1) is 99.2. The van der Waals surface area contributed by atoms with E-state index in [1.165, 1.54) is 0 Å². The third kappa shape index (κ3) is 21.2. The Morgan fingerprint density at radius 3 is 1.19 bits per heavy atom. The predicted molar refractivity (Wildman–Crippen MR) is 355 cm³/mol. The Labute approximate surface area is 669 Å². The number of carbonyl (C=O) groups is 3. The number of amides is 1. The highest BCUT2D eigenvalue weighted by molar-refractivity contribution is 5.77. The molecule has 0 aromatic carbocycles. The number of carboxylic acids is 2. The van der Waals surface area contributed by atoms with Gasteiger partial charge >= 0.3 is 11.9 Å². The van der Waals surface area contributed by atoms with Crippen LogP contribution in [0.3, 0.4) is 0 Å². The van der Waals surface area contributed by atoms with Crippen LogP contribution in [-0.2, 0) is 94.9 Å². The molecular formula is C64H107NO54. The molecule has 55 nitrogen and oxygen atoms in total. The molecule has 0 aromatic rings. The molecule has 0 spiro atoms. The van der Waals surface area contributed by atoms with Crippen LogP contribution in [0, 0.1) is 0 Å². The molecule has 0 unspecified atom stereocenters. The fourth-order valence-corrected chi connectivity index (χ4v) is 14.9. The third-order valence-electron chi connectivity index (χ3n) is 21.7. The van der Waals surface area contributed by atoms with Gasteiger partial charge in [0.2, 0.25) is 5.91 Å². The molecule has 0 bridgehead atoms. The molecule has 692 valence electrons. The van der Waals surface area contributed by atoms with Crippen LogP contribution in [0.25, 0.3) is 0 Å². The lowest BCUT2D eigenvalue weighted by Crippen LogP contribution is -2.72. The van der Waals surface area contributed by atoms with E-state index in [1.807, 2.05) is 0 Å². The Morgan fingerprint density at radius 2 is 0.723 bits per heavy atom.